The molecule has 0 aromatic carbocycles. The van der Waals surface area contributed by atoms with Crippen molar-refractivity contribution in [2.75, 3.05) is 11.5 Å². The first-order valence-electron chi connectivity index (χ1n) is 10.3. The molecule has 0 aromatic heterocycles. The maximum absolute atomic E-state index is 11.2. The summed E-state index contributed by atoms with van der Waals surface area (Å²) >= 11 is 1.53. The van der Waals surface area contributed by atoms with Crippen molar-refractivity contribution in [1.82, 2.24) is 5.32 Å². The average Bonchev–Trinajstić information content (AvgIpc) is 2.60. The molecule has 0 aliphatic heterocycles. The Morgan fingerprint density at radius 3 is 2.07 bits per heavy atom. The van der Waals surface area contributed by atoms with Crippen LogP contribution in [0.2, 0.25) is 0 Å². The predicted molar refractivity (Wildman–Crippen MR) is 126 cm³/mol. The normalized spacial score (nSPS) is 12.9. The zero-order valence-corrected chi connectivity index (χ0v) is 19.8. The van der Waals surface area contributed by atoms with E-state index in [0.29, 0.717) is 5.75 Å². The number of carbonyl (C=O) groups is 2. The topological polar surface area (TPSA) is 66.4 Å². The second-order valence-corrected chi connectivity index (χ2v) is 8.96. The maximum Gasteiger partial charge on any atom is 0.327 e. The molecule has 0 heterocycles. The Labute approximate surface area is 181 Å². The molecular weight excluding hydrogens is 382 g/mol. The number of nitrogens with one attached hydrogen (secondary N) is 1. The first-order valence-corrected chi connectivity index (χ1v) is 11.4. The van der Waals surface area contributed by atoms with E-state index in [1.807, 2.05) is 0 Å². The van der Waals surface area contributed by atoms with E-state index in [9.17, 15) is 14.7 Å². The van der Waals surface area contributed by atoms with Crippen molar-refractivity contribution >= 4 is 23.6 Å². The van der Waals surface area contributed by atoms with Crippen LogP contribution in [0.4, 0.5) is 0 Å². The summed E-state index contributed by atoms with van der Waals surface area (Å²) < 4.78 is 0. The van der Waals surface area contributed by atoms with Crippen LogP contribution >= 0.6 is 11.8 Å². The molecule has 29 heavy (non-hydrogen) atoms. The molecule has 0 unspecified atom stereocenters. The molecule has 5 heteroatoms. The van der Waals surface area contributed by atoms with Gasteiger partial charge in [-0.05, 0) is 66.7 Å². The lowest BCUT2D eigenvalue weighted by Gasteiger charge is -2.12. The van der Waals surface area contributed by atoms with Crippen molar-refractivity contribution in [2.24, 2.45) is 0 Å². The summed E-state index contributed by atoms with van der Waals surface area (Å²) in [5.41, 5.74) is 5.47. The molecule has 0 fully saturated rings. The number of thioether (sulfide) groups is 1. The van der Waals surface area contributed by atoms with Gasteiger partial charge in [0, 0.05) is 18.4 Å². The van der Waals surface area contributed by atoms with E-state index in [0.717, 1.165) is 37.9 Å². The molecule has 4 nitrogen and oxygen atoms in total. The van der Waals surface area contributed by atoms with Gasteiger partial charge in [-0.3, -0.25) is 4.79 Å². The summed E-state index contributed by atoms with van der Waals surface area (Å²) in [6.45, 7) is 12.0. The summed E-state index contributed by atoms with van der Waals surface area (Å²) in [7, 11) is 0. The Bertz CT molecular complexity index is 637. The van der Waals surface area contributed by atoms with Gasteiger partial charge in [0.1, 0.15) is 6.04 Å². The first kappa shape index (κ1) is 27.2. The van der Waals surface area contributed by atoms with Crippen LogP contribution in [0.15, 0.2) is 46.6 Å². The van der Waals surface area contributed by atoms with E-state index in [2.05, 4.69) is 64.2 Å². The van der Waals surface area contributed by atoms with Crippen molar-refractivity contribution in [3.8, 4) is 0 Å². The molecule has 164 valence electrons. The van der Waals surface area contributed by atoms with Crippen molar-refractivity contribution in [3.63, 3.8) is 0 Å². The van der Waals surface area contributed by atoms with Gasteiger partial charge in [0.15, 0.2) is 0 Å². The average molecular weight is 422 g/mol. The SMILES string of the molecule is CC(=O)N[C@@H](CSC/C=C(\CC=C(C)C)CC/C=C(\C)CCC=C(C)C)C(=O)O. The highest BCUT2D eigenvalue weighted by molar-refractivity contribution is 7.99. The van der Waals surface area contributed by atoms with Crippen LogP contribution < -0.4 is 5.32 Å². The fourth-order valence-electron chi connectivity index (χ4n) is 2.60. The quantitative estimate of drug-likeness (QED) is 0.264. The highest BCUT2D eigenvalue weighted by Crippen LogP contribution is 2.17. The van der Waals surface area contributed by atoms with E-state index in [-0.39, 0.29) is 5.91 Å². The van der Waals surface area contributed by atoms with E-state index in [1.54, 1.807) is 0 Å². The number of amides is 1. The highest BCUT2D eigenvalue weighted by Gasteiger charge is 2.17. The lowest BCUT2D eigenvalue weighted by molar-refractivity contribution is -0.140. The summed E-state index contributed by atoms with van der Waals surface area (Å²) in [6, 6.07) is -0.835. The third-order valence-electron chi connectivity index (χ3n) is 4.27. The number of aliphatic carboxylic acids is 1. The minimum Gasteiger partial charge on any atom is -0.480 e. The molecule has 2 N–H and O–H groups in total. The monoisotopic (exact) mass is 421 g/mol. The second-order valence-electron chi connectivity index (χ2n) is 7.89. The minimum absolute atomic E-state index is 0.315. The fraction of sp³-hybridized carbons (Fsp3) is 0.583. The molecule has 0 aliphatic rings. The molecule has 0 radical (unpaired) electrons. The molecular formula is C24H39NO3S. The molecule has 0 spiro atoms. The van der Waals surface area contributed by atoms with E-state index >= 15 is 0 Å². The molecule has 1 amide bonds. The van der Waals surface area contributed by atoms with Gasteiger partial charge in [0.25, 0.3) is 0 Å². The third-order valence-corrected chi connectivity index (χ3v) is 5.24. The number of hydrogen-bond donors (Lipinski definition) is 2. The van der Waals surface area contributed by atoms with Crippen molar-refractivity contribution in [2.45, 2.75) is 79.7 Å². The van der Waals surface area contributed by atoms with Gasteiger partial charge in [-0.1, -0.05) is 46.6 Å². The summed E-state index contributed by atoms with van der Waals surface area (Å²) in [6.07, 6.45) is 14.2. The van der Waals surface area contributed by atoms with Crippen molar-refractivity contribution in [1.29, 1.82) is 0 Å². The highest BCUT2D eigenvalue weighted by atomic mass is 32.2. The maximum atomic E-state index is 11.2. The Balaban J connectivity index is 4.67. The predicted octanol–water partition coefficient (Wildman–Crippen LogP) is 6.06. The van der Waals surface area contributed by atoms with Gasteiger partial charge in [-0.2, -0.15) is 11.8 Å². The largest absolute Gasteiger partial charge is 0.480 e. The number of allylic oxidation sites excluding steroid dienone is 7. The van der Waals surface area contributed by atoms with Crippen LogP contribution in [-0.4, -0.2) is 34.5 Å². The fourth-order valence-corrected chi connectivity index (χ4v) is 3.55. The van der Waals surface area contributed by atoms with Gasteiger partial charge in [0.05, 0.1) is 0 Å². The summed E-state index contributed by atoms with van der Waals surface area (Å²) in [5, 5.41) is 11.7. The first-order chi connectivity index (χ1) is 13.6. The minimum atomic E-state index is -0.991. The Morgan fingerprint density at radius 1 is 0.897 bits per heavy atom. The molecule has 0 aliphatic carbocycles. The van der Waals surface area contributed by atoms with Crippen LogP contribution in [0.5, 0.6) is 0 Å². The smallest absolute Gasteiger partial charge is 0.327 e. The molecule has 0 aromatic rings. The molecule has 0 bridgehead atoms. The standard InChI is InChI=1S/C24H39NO3S/c1-18(2)9-7-10-20(5)11-8-12-22(14-13-19(3)4)15-16-29-17-23(24(27)28)25-21(6)26/h9,11,13,15,23H,7-8,10,12,14,16-17H2,1-6H3,(H,25,26)(H,27,28)/b20-11+,22-15-/t23-/m0/s1. The molecule has 0 rings (SSSR count). The number of carbonyl (C=O) groups excluding carboxylic acids is 1. The van der Waals surface area contributed by atoms with Gasteiger partial charge >= 0.3 is 5.97 Å². The van der Waals surface area contributed by atoms with Gasteiger partial charge in [0.2, 0.25) is 5.91 Å². The number of rotatable bonds is 14. The Morgan fingerprint density at radius 2 is 1.52 bits per heavy atom. The van der Waals surface area contributed by atoms with Crippen molar-refractivity contribution in [3.05, 3.63) is 46.6 Å². The van der Waals surface area contributed by atoms with Crippen LogP contribution in [0.3, 0.4) is 0 Å². The number of hydrogen-bond acceptors (Lipinski definition) is 3. The number of carboxylic acids is 1. The van der Waals surface area contributed by atoms with Gasteiger partial charge < -0.3 is 10.4 Å². The Kier molecular flexibility index (Phi) is 15.1. The summed E-state index contributed by atoms with van der Waals surface area (Å²) in [5.74, 6) is -0.191. The van der Waals surface area contributed by atoms with E-state index < -0.39 is 12.0 Å². The van der Waals surface area contributed by atoms with Crippen LogP contribution in [0.25, 0.3) is 0 Å². The molecule has 0 saturated carbocycles. The van der Waals surface area contributed by atoms with Crippen LogP contribution in [0, 0.1) is 0 Å². The summed E-state index contributed by atoms with van der Waals surface area (Å²) in [4.78, 5) is 22.3. The lowest BCUT2D eigenvalue weighted by Crippen LogP contribution is -2.41. The van der Waals surface area contributed by atoms with Gasteiger partial charge in [-0.25, -0.2) is 4.79 Å². The lowest BCUT2D eigenvalue weighted by atomic mass is 10.0. The van der Waals surface area contributed by atoms with Crippen LogP contribution in [0.1, 0.15) is 73.6 Å². The zero-order valence-electron chi connectivity index (χ0n) is 19.0. The van der Waals surface area contributed by atoms with E-state index in [1.165, 1.54) is 41.0 Å². The van der Waals surface area contributed by atoms with Gasteiger partial charge in [-0.15, -0.1) is 0 Å². The van der Waals surface area contributed by atoms with Crippen molar-refractivity contribution < 1.29 is 14.7 Å². The number of carboxylic acid groups (broad SMARTS) is 1. The molecule has 0 saturated heterocycles. The third kappa shape index (κ3) is 16.9. The Hall–Kier alpha value is -1.75. The molecule has 1 atom stereocenters. The second kappa shape index (κ2) is 16.1. The zero-order chi connectivity index (χ0) is 22.2. The van der Waals surface area contributed by atoms with E-state index in [4.69, 9.17) is 0 Å². The van der Waals surface area contributed by atoms with Crippen LogP contribution in [-0.2, 0) is 9.59 Å².